The van der Waals surface area contributed by atoms with Gasteiger partial charge in [-0.15, -0.1) is 0 Å². The van der Waals surface area contributed by atoms with Crippen molar-refractivity contribution in [1.29, 1.82) is 0 Å². The summed E-state index contributed by atoms with van der Waals surface area (Å²) in [7, 11) is 1.89. The lowest BCUT2D eigenvalue weighted by Crippen LogP contribution is -2.46. The maximum Gasteiger partial charge on any atom is 0.225 e. The zero-order valence-corrected chi connectivity index (χ0v) is 9.19. The van der Waals surface area contributed by atoms with Gasteiger partial charge in [0, 0.05) is 19.6 Å². The van der Waals surface area contributed by atoms with Crippen LogP contribution in [0.3, 0.4) is 0 Å². The smallest absolute Gasteiger partial charge is 0.225 e. The van der Waals surface area contributed by atoms with E-state index in [9.17, 15) is 4.39 Å². The Morgan fingerprint density at radius 1 is 1.56 bits per heavy atom. The molecule has 0 amide bonds. The Hall–Kier alpha value is -1.27. The summed E-state index contributed by atoms with van der Waals surface area (Å²) in [6.07, 6.45) is 2.50. The molecule has 2 heterocycles. The second-order valence-electron chi connectivity index (χ2n) is 3.70. The largest absolute Gasteiger partial charge is 0.373 e. The van der Waals surface area contributed by atoms with Gasteiger partial charge in [0.15, 0.2) is 5.82 Å². The topological polar surface area (TPSA) is 50.3 Å². The highest BCUT2D eigenvalue weighted by atomic mass is 19.1. The number of ether oxygens (including phenoxy) is 1. The molecule has 2 rings (SSSR count). The maximum absolute atomic E-state index is 12.7. The van der Waals surface area contributed by atoms with Crippen molar-refractivity contribution in [3.63, 3.8) is 0 Å². The van der Waals surface area contributed by atoms with Gasteiger partial charge in [-0.2, -0.15) is 0 Å². The third kappa shape index (κ3) is 2.65. The van der Waals surface area contributed by atoms with Crippen molar-refractivity contribution in [3.05, 3.63) is 18.2 Å². The number of nitrogens with zero attached hydrogens (tertiary/aromatic N) is 3. The van der Waals surface area contributed by atoms with Gasteiger partial charge in [0.05, 0.1) is 25.1 Å². The number of anilines is 1. The van der Waals surface area contributed by atoms with E-state index < -0.39 is 5.82 Å². The molecule has 0 saturated carbocycles. The fourth-order valence-electron chi connectivity index (χ4n) is 1.72. The van der Waals surface area contributed by atoms with Gasteiger partial charge in [-0.25, -0.2) is 14.4 Å². The fourth-order valence-corrected chi connectivity index (χ4v) is 1.72. The van der Waals surface area contributed by atoms with Gasteiger partial charge in [0.25, 0.3) is 0 Å². The first-order valence-corrected chi connectivity index (χ1v) is 5.28. The average Bonchev–Trinajstić information content (AvgIpc) is 2.31. The Balaban J connectivity index is 2.01. The number of likely N-dealkylation sites (N-methyl/N-ethyl adjacent to an activating group) is 1. The molecule has 16 heavy (non-hydrogen) atoms. The van der Waals surface area contributed by atoms with Crippen LogP contribution in [-0.2, 0) is 4.74 Å². The third-order valence-corrected chi connectivity index (χ3v) is 2.46. The van der Waals surface area contributed by atoms with Crippen LogP contribution in [0.5, 0.6) is 0 Å². The SMILES string of the molecule is CNCC1CN(c2ncc(F)cn2)CCO1. The molecule has 1 atom stereocenters. The Labute approximate surface area is 93.6 Å². The second-order valence-corrected chi connectivity index (χ2v) is 3.70. The monoisotopic (exact) mass is 226 g/mol. The van der Waals surface area contributed by atoms with Gasteiger partial charge in [-0.1, -0.05) is 0 Å². The van der Waals surface area contributed by atoms with Crippen LogP contribution in [0.15, 0.2) is 12.4 Å². The average molecular weight is 226 g/mol. The molecule has 1 aliphatic rings. The van der Waals surface area contributed by atoms with Crippen LogP contribution in [0.2, 0.25) is 0 Å². The quantitative estimate of drug-likeness (QED) is 0.788. The molecule has 0 radical (unpaired) electrons. The minimum atomic E-state index is -0.413. The summed E-state index contributed by atoms with van der Waals surface area (Å²) in [5.41, 5.74) is 0. The van der Waals surface area contributed by atoms with E-state index >= 15 is 0 Å². The van der Waals surface area contributed by atoms with E-state index in [4.69, 9.17) is 4.74 Å². The summed E-state index contributed by atoms with van der Waals surface area (Å²) in [6, 6.07) is 0. The summed E-state index contributed by atoms with van der Waals surface area (Å²) in [4.78, 5) is 9.93. The van der Waals surface area contributed by atoms with Crippen molar-refractivity contribution >= 4 is 5.95 Å². The lowest BCUT2D eigenvalue weighted by atomic mass is 10.3. The predicted molar refractivity (Wildman–Crippen MR) is 57.9 cm³/mol. The van der Waals surface area contributed by atoms with E-state index in [1.807, 2.05) is 11.9 Å². The van der Waals surface area contributed by atoms with Crippen molar-refractivity contribution in [2.75, 3.05) is 38.2 Å². The first-order chi connectivity index (χ1) is 7.79. The van der Waals surface area contributed by atoms with Crippen LogP contribution in [0.25, 0.3) is 0 Å². The molecule has 5 nitrogen and oxygen atoms in total. The summed E-state index contributed by atoms with van der Waals surface area (Å²) in [5.74, 6) is 0.148. The summed E-state index contributed by atoms with van der Waals surface area (Å²) in [5, 5.41) is 3.07. The van der Waals surface area contributed by atoms with Crippen LogP contribution in [0, 0.1) is 5.82 Å². The van der Waals surface area contributed by atoms with Crippen LogP contribution >= 0.6 is 0 Å². The number of hydrogen-bond donors (Lipinski definition) is 1. The molecule has 0 aromatic carbocycles. The highest BCUT2D eigenvalue weighted by Gasteiger charge is 2.21. The van der Waals surface area contributed by atoms with E-state index in [1.165, 1.54) is 12.4 Å². The van der Waals surface area contributed by atoms with Gasteiger partial charge >= 0.3 is 0 Å². The first kappa shape index (κ1) is 11.2. The molecule has 1 N–H and O–H groups in total. The van der Waals surface area contributed by atoms with Gasteiger partial charge in [0.1, 0.15) is 0 Å². The van der Waals surface area contributed by atoms with E-state index in [2.05, 4.69) is 15.3 Å². The zero-order chi connectivity index (χ0) is 11.4. The van der Waals surface area contributed by atoms with Crippen molar-refractivity contribution in [1.82, 2.24) is 15.3 Å². The molecular formula is C10H15FN4O. The summed E-state index contributed by atoms with van der Waals surface area (Å²) < 4.78 is 18.2. The number of morpholine rings is 1. The van der Waals surface area contributed by atoms with Crippen LogP contribution in [-0.4, -0.2) is 49.4 Å². The summed E-state index contributed by atoms with van der Waals surface area (Å²) in [6.45, 7) is 2.91. The number of hydrogen-bond acceptors (Lipinski definition) is 5. The molecule has 0 bridgehead atoms. The van der Waals surface area contributed by atoms with Crippen molar-refractivity contribution < 1.29 is 9.13 Å². The molecule has 0 spiro atoms. The minimum absolute atomic E-state index is 0.132. The highest BCUT2D eigenvalue weighted by Crippen LogP contribution is 2.11. The molecule has 88 valence electrons. The first-order valence-electron chi connectivity index (χ1n) is 5.28. The van der Waals surface area contributed by atoms with Gasteiger partial charge in [-0.3, -0.25) is 0 Å². The molecule has 1 unspecified atom stereocenters. The van der Waals surface area contributed by atoms with Crippen molar-refractivity contribution in [2.45, 2.75) is 6.10 Å². The van der Waals surface area contributed by atoms with Gasteiger partial charge in [0.2, 0.25) is 5.95 Å². The Bertz CT molecular complexity index is 330. The van der Waals surface area contributed by atoms with Gasteiger partial charge in [-0.05, 0) is 7.05 Å². The summed E-state index contributed by atoms with van der Waals surface area (Å²) >= 11 is 0. The molecule has 1 saturated heterocycles. The lowest BCUT2D eigenvalue weighted by Gasteiger charge is -2.32. The van der Waals surface area contributed by atoms with E-state index in [1.54, 1.807) is 0 Å². The highest BCUT2D eigenvalue weighted by molar-refractivity contribution is 5.29. The number of rotatable bonds is 3. The van der Waals surface area contributed by atoms with Crippen LogP contribution in [0.4, 0.5) is 10.3 Å². The Morgan fingerprint density at radius 2 is 2.31 bits per heavy atom. The van der Waals surface area contributed by atoms with Crippen molar-refractivity contribution in [3.8, 4) is 0 Å². The number of aromatic nitrogens is 2. The van der Waals surface area contributed by atoms with Crippen LogP contribution < -0.4 is 10.2 Å². The number of nitrogens with one attached hydrogen (secondary N) is 1. The van der Waals surface area contributed by atoms with E-state index in [-0.39, 0.29) is 6.10 Å². The fraction of sp³-hybridized carbons (Fsp3) is 0.600. The van der Waals surface area contributed by atoms with E-state index in [0.717, 1.165) is 19.6 Å². The molecule has 1 aromatic rings. The molecule has 6 heteroatoms. The second kappa shape index (κ2) is 5.18. The van der Waals surface area contributed by atoms with Gasteiger partial charge < -0.3 is 15.0 Å². The lowest BCUT2D eigenvalue weighted by molar-refractivity contribution is 0.0416. The molecule has 0 aliphatic carbocycles. The normalized spacial score (nSPS) is 21.1. The maximum atomic E-state index is 12.7. The minimum Gasteiger partial charge on any atom is -0.373 e. The number of halogens is 1. The standard InChI is InChI=1S/C10H15FN4O/c1-12-6-9-7-15(2-3-16-9)10-13-4-8(11)5-14-10/h4-5,9,12H,2-3,6-7H2,1H3. The molecule has 1 aromatic heterocycles. The zero-order valence-electron chi connectivity index (χ0n) is 9.19. The van der Waals surface area contributed by atoms with E-state index in [0.29, 0.717) is 12.6 Å². The van der Waals surface area contributed by atoms with Crippen LogP contribution in [0.1, 0.15) is 0 Å². The van der Waals surface area contributed by atoms with Crippen molar-refractivity contribution in [2.24, 2.45) is 0 Å². The Kier molecular flexibility index (Phi) is 3.63. The molecule has 1 aliphatic heterocycles. The molecule has 1 fully saturated rings. The third-order valence-electron chi connectivity index (χ3n) is 2.46. The molecular weight excluding hydrogens is 211 g/mol. The predicted octanol–water partition coefficient (Wildman–Crippen LogP) is 0.0403. The Morgan fingerprint density at radius 3 is 3.00 bits per heavy atom.